The predicted octanol–water partition coefficient (Wildman–Crippen LogP) is 2.57. The number of ether oxygens (including phenoxy) is 1. The molecule has 90 valence electrons. The molecule has 0 aliphatic rings. The van der Waals surface area contributed by atoms with Crippen molar-refractivity contribution < 1.29 is 9.53 Å². The molecule has 4 nitrogen and oxygen atoms in total. The highest BCUT2D eigenvalue weighted by Crippen LogP contribution is 2.16. The number of rotatable bonds is 3. The van der Waals surface area contributed by atoms with Crippen LogP contribution in [-0.4, -0.2) is 22.6 Å². The van der Waals surface area contributed by atoms with Crippen molar-refractivity contribution in [2.24, 2.45) is 0 Å². The van der Waals surface area contributed by atoms with Gasteiger partial charge in [0.05, 0.1) is 24.6 Å². The largest absolute Gasteiger partial charge is 0.469 e. The van der Waals surface area contributed by atoms with E-state index in [1.165, 1.54) is 12.7 Å². The topological polar surface area (TPSA) is 47.0 Å². The molecular weight excluding hydrogens is 236 g/mol. The maximum Gasteiger partial charge on any atom is 0.307 e. The first kappa shape index (κ1) is 11.9. The molecular formula is C12H14N2O2S. The molecule has 1 N–H and O–H groups in total. The van der Waals surface area contributed by atoms with Gasteiger partial charge in [-0.2, -0.15) is 0 Å². The molecule has 0 unspecified atom stereocenters. The van der Waals surface area contributed by atoms with E-state index in [-0.39, 0.29) is 5.97 Å². The number of nitrogens with one attached hydrogen (secondary N) is 1. The molecule has 0 saturated carbocycles. The zero-order valence-corrected chi connectivity index (χ0v) is 10.6. The normalized spacial score (nSPS) is 10.7. The van der Waals surface area contributed by atoms with E-state index in [1.54, 1.807) is 0 Å². The zero-order valence-electron chi connectivity index (χ0n) is 9.82. The van der Waals surface area contributed by atoms with Crippen LogP contribution in [0.2, 0.25) is 0 Å². The van der Waals surface area contributed by atoms with Gasteiger partial charge in [0.2, 0.25) is 0 Å². The van der Waals surface area contributed by atoms with E-state index in [0.717, 1.165) is 11.0 Å². The van der Waals surface area contributed by atoms with Crippen LogP contribution in [0.25, 0.3) is 11.0 Å². The van der Waals surface area contributed by atoms with Crippen molar-refractivity contribution in [3.63, 3.8) is 0 Å². The molecule has 2 rings (SSSR count). The van der Waals surface area contributed by atoms with Crippen LogP contribution in [0.4, 0.5) is 0 Å². The van der Waals surface area contributed by atoms with Crippen molar-refractivity contribution in [3.8, 4) is 0 Å². The van der Waals surface area contributed by atoms with Crippen LogP contribution in [0.15, 0.2) is 18.2 Å². The highest BCUT2D eigenvalue weighted by molar-refractivity contribution is 7.71. The fraction of sp³-hybridized carbons (Fsp3) is 0.333. The van der Waals surface area contributed by atoms with Crippen LogP contribution in [0, 0.1) is 11.7 Å². The summed E-state index contributed by atoms with van der Waals surface area (Å²) in [5.74, 6) is -0.228. The number of benzene rings is 1. The second kappa shape index (κ2) is 4.71. The van der Waals surface area contributed by atoms with Gasteiger partial charge in [0.15, 0.2) is 4.77 Å². The lowest BCUT2D eigenvalue weighted by molar-refractivity contribution is -0.140. The van der Waals surface area contributed by atoms with E-state index in [2.05, 4.69) is 15.8 Å². The van der Waals surface area contributed by atoms with Gasteiger partial charge in [-0.25, -0.2) is 0 Å². The first-order valence-corrected chi connectivity index (χ1v) is 5.78. The third-order valence-corrected chi connectivity index (χ3v) is 3.02. The van der Waals surface area contributed by atoms with Crippen LogP contribution in [0.5, 0.6) is 0 Å². The van der Waals surface area contributed by atoms with Gasteiger partial charge in [-0.1, -0.05) is 6.07 Å². The Morgan fingerprint density at radius 2 is 2.29 bits per heavy atom. The molecule has 0 aliphatic heterocycles. The fourth-order valence-corrected chi connectivity index (χ4v) is 2.09. The van der Waals surface area contributed by atoms with Gasteiger partial charge in [0, 0.05) is 6.54 Å². The maximum absolute atomic E-state index is 11.1. The van der Waals surface area contributed by atoms with E-state index < -0.39 is 0 Å². The summed E-state index contributed by atoms with van der Waals surface area (Å²) < 4.78 is 7.19. The van der Waals surface area contributed by atoms with Gasteiger partial charge in [-0.15, -0.1) is 0 Å². The Bertz CT molecular complexity index is 612. The SMILES string of the molecule is COC(=O)CCn1c(=S)[nH]c2ccc(C)cc21. The minimum atomic E-state index is -0.228. The summed E-state index contributed by atoms with van der Waals surface area (Å²) >= 11 is 5.24. The van der Waals surface area contributed by atoms with Crippen LogP contribution in [-0.2, 0) is 16.1 Å². The smallest absolute Gasteiger partial charge is 0.307 e. The summed E-state index contributed by atoms with van der Waals surface area (Å²) in [5, 5.41) is 0. The standard InChI is InChI=1S/C12H14N2O2S/c1-8-3-4-9-10(7-8)14(12(17)13-9)6-5-11(15)16-2/h3-4,7H,5-6H2,1-2H3,(H,13,17). The lowest BCUT2D eigenvalue weighted by Gasteiger charge is -2.03. The van der Waals surface area contributed by atoms with Gasteiger partial charge in [0.25, 0.3) is 0 Å². The van der Waals surface area contributed by atoms with Crippen molar-refractivity contribution in [2.45, 2.75) is 19.9 Å². The third-order valence-electron chi connectivity index (χ3n) is 2.70. The van der Waals surface area contributed by atoms with Crippen molar-refractivity contribution in [2.75, 3.05) is 7.11 Å². The summed E-state index contributed by atoms with van der Waals surface area (Å²) in [6.45, 7) is 2.56. The minimum absolute atomic E-state index is 0.228. The van der Waals surface area contributed by atoms with Gasteiger partial charge in [0.1, 0.15) is 0 Å². The molecule has 0 amide bonds. The molecule has 0 bridgehead atoms. The van der Waals surface area contributed by atoms with Gasteiger partial charge >= 0.3 is 5.97 Å². The molecule has 17 heavy (non-hydrogen) atoms. The van der Waals surface area contributed by atoms with Gasteiger partial charge in [-0.3, -0.25) is 4.79 Å². The van der Waals surface area contributed by atoms with Gasteiger partial charge in [-0.05, 0) is 36.8 Å². The third kappa shape index (κ3) is 2.39. The summed E-state index contributed by atoms with van der Waals surface area (Å²) in [7, 11) is 1.39. The molecule has 0 saturated heterocycles. The van der Waals surface area contributed by atoms with Crippen LogP contribution in [0.1, 0.15) is 12.0 Å². The molecule has 0 radical (unpaired) electrons. The highest BCUT2D eigenvalue weighted by Gasteiger charge is 2.07. The average molecular weight is 250 g/mol. The number of aromatic amines is 1. The molecule has 0 atom stereocenters. The van der Waals surface area contributed by atoms with Gasteiger partial charge < -0.3 is 14.3 Å². The first-order valence-electron chi connectivity index (χ1n) is 5.38. The molecule has 2 aromatic rings. The summed E-state index contributed by atoms with van der Waals surface area (Å²) in [4.78, 5) is 14.3. The Balaban J connectivity index is 2.38. The lowest BCUT2D eigenvalue weighted by atomic mass is 10.2. The number of methoxy groups -OCH3 is 1. The Morgan fingerprint density at radius 3 is 3.00 bits per heavy atom. The quantitative estimate of drug-likeness (QED) is 0.672. The highest BCUT2D eigenvalue weighted by atomic mass is 32.1. The van der Waals surface area contributed by atoms with Crippen LogP contribution >= 0.6 is 12.2 Å². The second-order valence-corrected chi connectivity index (χ2v) is 4.32. The van der Waals surface area contributed by atoms with Crippen molar-refractivity contribution in [1.82, 2.24) is 9.55 Å². The molecule has 0 fully saturated rings. The summed E-state index contributed by atoms with van der Waals surface area (Å²) in [5.41, 5.74) is 3.18. The maximum atomic E-state index is 11.1. The number of carbonyl (C=O) groups is 1. The monoisotopic (exact) mass is 250 g/mol. The van der Waals surface area contributed by atoms with E-state index in [0.29, 0.717) is 17.7 Å². The molecule has 5 heteroatoms. The van der Waals surface area contributed by atoms with Crippen LogP contribution < -0.4 is 0 Å². The second-order valence-electron chi connectivity index (χ2n) is 3.93. The first-order chi connectivity index (χ1) is 8.11. The average Bonchev–Trinajstić information content (AvgIpc) is 2.61. The molecule has 1 heterocycles. The van der Waals surface area contributed by atoms with Crippen molar-refractivity contribution >= 4 is 29.2 Å². The van der Waals surface area contributed by atoms with E-state index in [9.17, 15) is 4.79 Å². The summed E-state index contributed by atoms with van der Waals surface area (Å²) in [6.07, 6.45) is 0.325. The number of H-pyrrole nitrogens is 1. The van der Waals surface area contributed by atoms with Crippen LogP contribution in [0.3, 0.4) is 0 Å². The number of hydrogen-bond acceptors (Lipinski definition) is 3. The Labute approximate surface area is 104 Å². The number of imidazole rings is 1. The molecule has 0 spiro atoms. The number of fused-ring (bicyclic) bond motifs is 1. The number of carbonyl (C=O) groups excluding carboxylic acids is 1. The number of aryl methyl sites for hydroxylation is 2. The summed E-state index contributed by atoms with van der Waals surface area (Å²) in [6, 6.07) is 6.08. The van der Waals surface area contributed by atoms with E-state index >= 15 is 0 Å². The fourth-order valence-electron chi connectivity index (χ4n) is 1.79. The zero-order chi connectivity index (χ0) is 12.4. The van der Waals surface area contributed by atoms with Crippen molar-refractivity contribution in [3.05, 3.63) is 28.5 Å². The number of aromatic nitrogens is 2. The predicted molar refractivity (Wildman–Crippen MR) is 68.5 cm³/mol. The van der Waals surface area contributed by atoms with Crippen molar-refractivity contribution in [1.29, 1.82) is 0 Å². The molecule has 1 aromatic carbocycles. The number of hydrogen-bond donors (Lipinski definition) is 1. The Hall–Kier alpha value is -1.62. The van der Waals surface area contributed by atoms with E-state index in [4.69, 9.17) is 12.2 Å². The lowest BCUT2D eigenvalue weighted by Crippen LogP contribution is -2.07. The Kier molecular flexibility index (Phi) is 3.28. The van der Waals surface area contributed by atoms with E-state index in [1.807, 2.05) is 23.6 Å². The number of esters is 1. The molecule has 1 aromatic heterocycles. The number of nitrogens with zero attached hydrogens (tertiary/aromatic N) is 1. The Morgan fingerprint density at radius 1 is 1.53 bits per heavy atom. The minimum Gasteiger partial charge on any atom is -0.469 e. The molecule has 0 aliphatic carbocycles.